The molecule has 0 bridgehead atoms. The second kappa shape index (κ2) is 17.2. The summed E-state index contributed by atoms with van der Waals surface area (Å²) in [6, 6.07) is 11.6. The number of ether oxygens (including phenoxy) is 3. The van der Waals surface area contributed by atoms with Crippen LogP contribution in [0.15, 0.2) is 84.6 Å². The van der Waals surface area contributed by atoms with Crippen LogP contribution in [0, 0.1) is 29.5 Å². The lowest BCUT2D eigenvalue weighted by Gasteiger charge is -2.60. The molecule has 0 unspecified atom stereocenters. The second-order valence-corrected chi connectivity index (χ2v) is 14.4. The van der Waals surface area contributed by atoms with Gasteiger partial charge in [0.2, 0.25) is 11.7 Å². The number of hydrogen-bond acceptors (Lipinski definition) is 8. The number of hydrogen-bond donors (Lipinski definition) is 2. The van der Waals surface area contributed by atoms with Crippen molar-refractivity contribution in [2.75, 3.05) is 33.5 Å². The minimum atomic E-state index is -1.34. The molecular formula is C42H53FN2O7. The monoisotopic (exact) mass is 716 g/mol. The van der Waals surface area contributed by atoms with Gasteiger partial charge in [-0.15, -0.1) is 6.58 Å². The maximum absolute atomic E-state index is 14.5. The first-order valence-corrected chi connectivity index (χ1v) is 18.8. The standard InChI is InChI=1S/C42H53FN2O7/c1-4-22-50-32-18-19-37-35(25-32)39-33(11-7-9-21-47)30(10-6-8-20-46)24-34-36(44-49-3)26-38(42(52-37,40(34)39)51-23-5-2)45(41(48)29-14-15-29)27-28-12-16-31(43)17-13-28/h4-5,12-13,16-19,24-25,29-30,33,38-40,46-47H,1-2,6-11,14-15,20-23,26-27H2,3H3/t30-,33+,38-,39+,40+,42+/m0/s1. The number of aliphatic hydroxyl groups excluding tert-OH is 2. The number of fused-ring (bicyclic) bond motifs is 2. The van der Waals surface area contributed by atoms with E-state index in [4.69, 9.17) is 19.0 Å². The Morgan fingerprint density at radius 2 is 1.77 bits per heavy atom. The Bertz CT molecular complexity index is 1620. The van der Waals surface area contributed by atoms with Crippen molar-refractivity contribution in [3.63, 3.8) is 0 Å². The van der Waals surface area contributed by atoms with Crippen molar-refractivity contribution in [1.29, 1.82) is 0 Å². The molecule has 4 aliphatic rings. The number of unbranched alkanes of at least 4 members (excludes halogenated alkanes) is 2. The van der Waals surface area contributed by atoms with E-state index in [9.17, 15) is 19.4 Å². The van der Waals surface area contributed by atoms with E-state index >= 15 is 0 Å². The van der Waals surface area contributed by atoms with Crippen molar-refractivity contribution in [1.82, 2.24) is 4.90 Å². The first-order chi connectivity index (χ1) is 25.4. The quantitative estimate of drug-likeness (QED) is 0.0908. The summed E-state index contributed by atoms with van der Waals surface area (Å²) in [5.41, 5.74) is 3.50. The van der Waals surface area contributed by atoms with Crippen LogP contribution in [0.1, 0.15) is 74.8 Å². The van der Waals surface area contributed by atoms with Gasteiger partial charge in [0.15, 0.2) is 0 Å². The topological polar surface area (TPSA) is 110 Å². The zero-order valence-corrected chi connectivity index (χ0v) is 30.3. The molecule has 6 rings (SSSR count). The zero-order chi connectivity index (χ0) is 36.7. The molecule has 3 aliphatic carbocycles. The van der Waals surface area contributed by atoms with Gasteiger partial charge in [0.1, 0.15) is 37.1 Å². The van der Waals surface area contributed by atoms with Crippen LogP contribution in [0.4, 0.5) is 4.39 Å². The van der Waals surface area contributed by atoms with Gasteiger partial charge < -0.3 is 34.2 Å². The van der Waals surface area contributed by atoms with E-state index in [-0.39, 0.29) is 61.8 Å². The summed E-state index contributed by atoms with van der Waals surface area (Å²) in [5.74, 6) is -0.738. The van der Waals surface area contributed by atoms with Gasteiger partial charge in [-0.1, -0.05) is 54.9 Å². The molecule has 0 radical (unpaired) electrons. The maximum Gasteiger partial charge on any atom is 0.239 e. The third kappa shape index (κ3) is 7.84. The van der Waals surface area contributed by atoms with Crippen molar-refractivity contribution in [2.24, 2.45) is 28.8 Å². The molecule has 280 valence electrons. The molecule has 52 heavy (non-hydrogen) atoms. The zero-order valence-electron chi connectivity index (χ0n) is 30.3. The van der Waals surface area contributed by atoms with E-state index in [2.05, 4.69) is 30.5 Å². The fraction of sp³-hybridized carbons (Fsp3) is 0.524. The summed E-state index contributed by atoms with van der Waals surface area (Å²) in [6.45, 7) is 8.82. The highest BCUT2D eigenvalue weighted by Gasteiger charge is 2.65. The summed E-state index contributed by atoms with van der Waals surface area (Å²) in [4.78, 5) is 21.9. The van der Waals surface area contributed by atoms with Crippen LogP contribution < -0.4 is 9.47 Å². The van der Waals surface area contributed by atoms with Crippen molar-refractivity contribution in [3.05, 3.63) is 96.4 Å². The fourth-order valence-corrected chi connectivity index (χ4v) is 8.70. The van der Waals surface area contributed by atoms with Crippen LogP contribution in [-0.4, -0.2) is 72.1 Å². The van der Waals surface area contributed by atoms with Gasteiger partial charge in [-0.05, 0) is 91.8 Å². The van der Waals surface area contributed by atoms with Crippen LogP contribution >= 0.6 is 0 Å². The van der Waals surface area contributed by atoms with Crippen molar-refractivity contribution in [2.45, 2.75) is 82.1 Å². The minimum Gasteiger partial charge on any atom is -0.490 e. The Morgan fingerprint density at radius 1 is 1.04 bits per heavy atom. The summed E-state index contributed by atoms with van der Waals surface area (Å²) in [5, 5.41) is 24.2. The Labute approximate surface area is 306 Å². The summed E-state index contributed by atoms with van der Waals surface area (Å²) < 4.78 is 34.4. The molecule has 2 aromatic rings. The molecule has 0 saturated heterocycles. The van der Waals surface area contributed by atoms with Crippen LogP contribution in [0.25, 0.3) is 0 Å². The van der Waals surface area contributed by atoms with Crippen LogP contribution in [0.3, 0.4) is 0 Å². The minimum absolute atomic E-state index is 0.0106. The lowest BCUT2D eigenvalue weighted by molar-refractivity contribution is -0.258. The highest BCUT2D eigenvalue weighted by Crippen LogP contribution is 2.62. The number of halogens is 1. The SMILES string of the molecule is C=CCOc1ccc2c(c1)[C@H]1[C@H](CCCCO)[C@@H](CCCCO)C=C3C(=NOC)C[C@H](N(Cc4ccc(F)cc4)C(=O)C4CC4)[C@@](OCC=C)(O2)[C@H]31. The van der Waals surface area contributed by atoms with E-state index in [0.717, 1.165) is 60.9 Å². The first-order valence-electron chi connectivity index (χ1n) is 18.8. The van der Waals surface area contributed by atoms with Gasteiger partial charge in [0.25, 0.3) is 0 Å². The first kappa shape index (κ1) is 37.8. The molecule has 1 amide bonds. The van der Waals surface area contributed by atoms with Crippen molar-refractivity contribution >= 4 is 11.6 Å². The molecule has 0 aromatic heterocycles. The number of amides is 1. The number of carbonyl (C=O) groups is 1. The third-order valence-electron chi connectivity index (χ3n) is 11.1. The number of oxime groups is 1. The normalized spacial score (nSPS) is 26.7. The van der Waals surface area contributed by atoms with E-state index in [0.29, 0.717) is 37.4 Å². The summed E-state index contributed by atoms with van der Waals surface area (Å²) in [6.07, 6.45) is 12.4. The summed E-state index contributed by atoms with van der Waals surface area (Å²) >= 11 is 0. The second-order valence-electron chi connectivity index (χ2n) is 14.4. The maximum atomic E-state index is 14.5. The van der Waals surface area contributed by atoms with Gasteiger partial charge in [-0.2, -0.15) is 0 Å². The average molecular weight is 717 g/mol. The fourth-order valence-electron chi connectivity index (χ4n) is 8.70. The predicted octanol–water partition coefficient (Wildman–Crippen LogP) is 7.09. The van der Waals surface area contributed by atoms with Crippen LogP contribution in [0.2, 0.25) is 0 Å². The number of benzene rings is 2. The number of allylic oxidation sites excluding steroid dienone is 1. The van der Waals surface area contributed by atoms with Gasteiger partial charge in [0.05, 0.1) is 18.2 Å². The lowest BCUT2D eigenvalue weighted by Crippen LogP contribution is -2.70. The average Bonchev–Trinajstić information content (AvgIpc) is 4.01. The van der Waals surface area contributed by atoms with E-state index in [1.807, 2.05) is 17.0 Å². The molecule has 1 aliphatic heterocycles. The third-order valence-corrected chi connectivity index (χ3v) is 11.1. The number of rotatable bonds is 19. The summed E-state index contributed by atoms with van der Waals surface area (Å²) in [7, 11) is 1.54. The number of aliphatic hydroxyl groups is 2. The van der Waals surface area contributed by atoms with Gasteiger partial charge >= 0.3 is 0 Å². The molecule has 2 aromatic carbocycles. The Kier molecular flexibility index (Phi) is 12.5. The van der Waals surface area contributed by atoms with E-state index < -0.39 is 17.7 Å². The molecule has 0 spiro atoms. The molecule has 9 nitrogen and oxygen atoms in total. The van der Waals surface area contributed by atoms with Gasteiger partial charge in [-0.3, -0.25) is 4.79 Å². The Balaban J connectivity index is 1.58. The lowest BCUT2D eigenvalue weighted by atomic mass is 9.55. The molecule has 6 atom stereocenters. The highest BCUT2D eigenvalue weighted by molar-refractivity contribution is 6.03. The predicted molar refractivity (Wildman–Crippen MR) is 197 cm³/mol. The molecule has 2 N–H and O–H groups in total. The van der Waals surface area contributed by atoms with E-state index in [1.54, 1.807) is 24.3 Å². The van der Waals surface area contributed by atoms with Gasteiger partial charge in [0, 0.05) is 43.6 Å². The van der Waals surface area contributed by atoms with Crippen molar-refractivity contribution < 1.29 is 38.4 Å². The molecule has 10 heteroatoms. The largest absolute Gasteiger partial charge is 0.490 e. The van der Waals surface area contributed by atoms with Crippen LogP contribution in [0.5, 0.6) is 11.5 Å². The highest BCUT2D eigenvalue weighted by atomic mass is 19.1. The number of nitrogens with zero attached hydrogens (tertiary/aromatic N) is 2. The molecule has 2 saturated carbocycles. The van der Waals surface area contributed by atoms with E-state index in [1.165, 1.54) is 19.2 Å². The Hall–Kier alpha value is -3.99. The smallest absolute Gasteiger partial charge is 0.239 e. The molecule has 2 fully saturated rings. The molecule has 1 heterocycles. The van der Waals surface area contributed by atoms with Crippen LogP contribution in [-0.2, 0) is 20.9 Å². The molecular weight excluding hydrogens is 663 g/mol. The number of carbonyl (C=O) groups excluding carboxylic acids is 1. The Morgan fingerprint density at radius 3 is 2.44 bits per heavy atom. The van der Waals surface area contributed by atoms with Gasteiger partial charge in [-0.25, -0.2) is 4.39 Å². The van der Waals surface area contributed by atoms with Crippen molar-refractivity contribution in [3.8, 4) is 11.5 Å².